The molecular weight excluding hydrogens is 301 g/mol. The van der Waals surface area contributed by atoms with Crippen molar-refractivity contribution in [1.82, 2.24) is 5.32 Å². The summed E-state index contributed by atoms with van der Waals surface area (Å²) in [6.07, 6.45) is 0. The normalized spacial score (nSPS) is 14.0. The second kappa shape index (κ2) is 6.83. The predicted molar refractivity (Wildman–Crippen MR) is 92.3 cm³/mol. The lowest BCUT2D eigenvalue weighted by Crippen LogP contribution is -2.22. The Morgan fingerprint density at radius 3 is 2.19 bits per heavy atom. The lowest BCUT2D eigenvalue weighted by atomic mass is 10.0. The number of halogens is 2. The van der Waals surface area contributed by atoms with Crippen LogP contribution in [0.25, 0.3) is 0 Å². The van der Waals surface area contributed by atoms with Gasteiger partial charge >= 0.3 is 0 Å². The smallest absolute Gasteiger partial charge is 0.0468 e. The summed E-state index contributed by atoms with van der Waals surface area (Å²) in [5.74, 6) is 0. The van der Waals surface area contributed by atoms with Gasteiger partial charge in [0.1, 0.15) is 0 Å². The summed E-state index contributed by atoms with van der Waals surface area (Å²) in [5.41, 5.74) is 4.99. The van der Waals surface area contributed by atoms with E-state index in [-0.39, 0.29) is 12.1 Å². The molecule has 2 unspecified atom stereocenters. The molecule has 0 aromatic heterocycles. The molecule has 0 aliphatic heterocycles. The molecule has 0 spiro atoms. The summed E-state index contributed by atoms with van der Waals surface area (Å²) in [6.45, 7) is 8.56. The maximum absolute atomic E-state index is 6.28. The highest BCUT2D eigenvalue weighted by Gasteiger charge is 2.14. The molecule has 0 saturated carbocycles. The minimum atomic E-state index is 0.159. The maximum atomic E-state index is 6.28. The zero-order valence-electron chi connectivity index (χ0n) is 12.9. The van der Waals surface area contributed by atoms with Crippen molar-refractivity contribution in [2.75, 3.05) is 0 Å². The van der Waals surface area contributed by atoms with E-state index in [1.807, 2.05) is 12.1 Å². The molecule has 0 aliphatic rings. The zero-order chi connectivity index (χ0) is 15.6. The van der Waals surface area contributed by atoms with E-state index in [1.54, 1.807) is 6.07 Å². The first-order valence-corrected chi connectivity index (χ1v) is 7.92. The summed E-state index contributed by atoms with van der Waals surface area (Å²) >= 11 is 12.2. The SMILES string of the molecule is Cc1ccc(C(C)NC(C)c2ccc(Cl)cc2Cl)cc1C. The molecule has 0 amide bonds. The summed E-state index contributed by atoms with van der Waals surface area (Å²) in [4.78, 5) is 0. The molecule has 0 aliphatic carbocycles. The molecule has 2 atom stereocenters. The van der Waals surface area contributed by atoms with E-state index in [2.05, 4.69) is 51.2 Å². The largest absolute Gasteiger partial charge is 0.304 e. The Hall–Kier alpha value is -1.02. The van der Waals surface area contributed by atoms with E-state index in [4.69, 9.17) is 23.2 Å². The van der Waals surface area contributed by atoms with Crippen LogP contribution in [0.4, 0.5) is 0 Å². The van der Waals surface area contributed by atoms with Gasteiger partial charge < -0.3 is 5.32 Å². The lowest BCUT2D eigenvalue weighted by molar-refractivity contribution is 0.494. The van der Waals surface area contributed by atoms with E-state index in [1.165, 1.54) is 16.7 Å². The van der Waals surface area contributed by atoms with Crippen LogP contribution in [0.3, 0.4) is 0 Å². The van der Waals surface area contributed by atoms with Crippen molar-refractivity contribution in [2.45, 2.75) is 39.8 Å². The van der Waals surface area contributed by atoms with Gasteiger partial charge in [-0.3, -0.25) is 0 Å². The van der Waals surface area contributed by atoms with Crippen molar-refractivity contribution >= 4 is 23.2 Å². The summed E-state index contributed by atoms with van der Waals surface area (Å²) < 4.78 is 0. The van der Waals surface area contributed by atoms with Gasteiger partial charge in [0.25, 0.3) is 0 Å². The van der Waals surface area contributed by atoms with Crippen LogP contribution in [0.15, 0.2) is 36.4 Å². The summed E-state index contributed by atoms with van der Waals surface area (Å²) in [6, 6.07) is 12.6. The summed E-state index contributed by atoms with van der Waals surface area (Å²) in [5, 5.41) is 4.96. The average Bonchev–Trinajstić information content (AvgIpc) is 2.41. The van der Waals surface area contributed by atoms with Crippen LogP contribution < -0.4 is 5.32 Å². The van der Waals surface area contributed by atoms with Gasteiger partial charge in [-0.15, -0.1) is 0 Å². The Morgan fingerprint density at radius 2 is 1.57 bits per heavy atom. The Labute approximate surface area is 137 Å². The van der Waals surface area contributed by atoms with Gasteiger partial charge in [-0.25, -0.2) is 0 Å². The third kappa shape index (κ3) is 4.00. The van der Waals surface area contributed by atoms with Crippen molar-refractivity contribution < 1.29 is 0 Å². The van der Waals surface area contributed by atoms with Crippen molar-refractivity contribution in [3.63, 3.8) is 0 Å². The molecule has 3 heteroatoms. The van der Waals surface area contributed by atoms with Crippen LogP contribution >= 0.6 is 23.2 Å². The Morgan fingerprint density at radius 1 is 0.857 bits per heavy atom. The van der Waals surface area contributed by atoms with Gasteiger partial charge in [0, 0.05) is 22.1 Å². The summed E-state index contributed by atoms with van der Waals surface area (Å²) in [7, 11) is 0. The van der Waals surface area contributed by atoms with Crippen LogP contribution in [-0.2, 0) is 0 Å². The monoisotopic (exact) mass is 321 g/mol. The van der Waals surface area contributed by atoms with Crippen molar-refractivity contribution in [3.8, 4) is 0 Å². The quantitative estimate of drug-likeness (QED) is 0.725. The lowest BCUT2D eigenvalue weighted by Gasteiger charge is -2.22. The van der Waals surface area contributed by atoms with E-state index >= 15 is 0 Å². The number of benzene rings is 2. The molecule has 112 valence electrons. The van der Waals surface area contributed by atoms with Gasteiger partial charge in [0.15, 0.2) is 0 Å². The maximum Gasteiger partial charge on any atom is 0.0468 e. The Bertz CT molecular complexity index is 637. The second-order valence-corrected chi connectivity index (χ2v) is 6.46. The van der Waals surface area contributed by atoms with Gasteiger partial charge in [-0.1, -0.05) is 47.5 Å². The second-order valence-electron chi connectivity index (χ2n) is 5.62. The van der Waals surface area contributed by atoms with E-state index < -0.39 is 0 Å². The van der Waals surface area contributed by atoms with Crippen LogP contribution in [0.2, 0.25) is 10.0 Å². The molecular formula is C18H21Cl2N. The molecule has 0 radical (unpaired) electrons. The Kier molecular flexibility index (Phi) is 5.32. The van der Waals surface area contributed by atoms with E-state index in [0.717, 1.165) is 5.56 Å². The molecule has 0 saturated heterocycles. The molecule has 1 N–H and O–H groups in total. The van der Waals surface area contributed by atoms with Gasteiger partial charge in [-0.2, -0.15) is 0 Å². The topological polar surface area (TPSA) is 12.0 Å². The van der Waals surface area contributed by atoms with E-state index in [0.29, 0.717) is 10.0 Å². The minimum absolute atomic E-state index is 0.159. The average molecular weight is 322 g/mol. The fourth-order valence-electron chi connectivity index (χ4n) is 2.45. The fraction of sp³-hybridized carbons (Fsp3) is 0.333. The minimum Gasteiger partial charge on any atom is -0.304 e. The molecule has 0 bridgehead atoms. The molecule has 0 heterocycles. The van der Waals surface area contributed by atoms with Crippen molar-refractivity contribution in [1.29, 1.82) is 0 Å². The molecule has 21 heavy (non-hydrogen) atoms. The first kappa shape index (κ1) is 16.4. The molecule has 2 aromatic carbocycles. The van der Waals surface area contributed by atoms with Crippen molar-refractivity contribution in [2.24, 2.45) is 0 Å². The molecule has 0 fully saturated rings. The molecule has 1 nitrogen and oxygen atoms in total. The number of hydrogen-bond acceptors (Lipinski definition) is 1. The third-order valence-corrected chi connectivity index (χ3v) is 4.52. The number of rotatable bonds is 4. The Balaban J connectivity index is 2.14. The van der Waals surface area contributed by atoms with Gasteiger partial charge in [0.05, 0.1) is 0 Å². The number of hydrogen-bond donors (Lipinski definition) is 1. The van der Waals surface area contributed by atoms with Gasteiger partial charge in [-0.05, 0) is 62.1 Å². The zero-order valence-corrected chi connectivity index (χ0v) is 14.4. The number of nitrogens with one attached hydrogen (secondary N) is 1. The first-order valence-electron chi connectivity index (χ1n) is 7.16. The van der Waals surface area contributed by atoms with Gasteiger partial charge in [0.2, 0.25) is 0 Å². The van der Waals surface area contributed by atoms with Crippen LogP contribution in [-0.4, -0.2) is 0 Å². The van der Waals surface area contributed by atoms with Crippen LogP contribution in [0.1, 0.15) is 48.2 Å². The highest BCUT2D eigenvalue weighted by molar-refractivity contribution is 6.35. The number of aryl methyl sites for hydroxylation is 2. The highest BCUT2D eigenvalue weighted by atomic mass is 35.5. The fourth-order valence-corrected chi connectivity index (χ4v) is 3.02. The highest BCUT2D eigenvalue weighted by Crippen LogP contribution is 2.28. The van der Waals surface area contributed by atoms with E-state index in [9.17, 15) is 0 Å². The standard InChI is InChI=1S/C18H21Cl2N/c1-11-5-6-15(9-12(11)2)13(3)21-14(4)17-8-7-16(19)10-18(17)20/h5-10,13-14,21H,1-4H3. The predicted octanol–water partition coefficient (Wildman–Crippen LogP) is 6.02. The molecule has 2 rings (SSSR count). The van der Waals surface area contributed by atoms with Crippen molar-refractivity contribution in [3.05, 3.63) is 68.7 Å². The molecule has 2 aromatic rings. The third-order valence-electron chi connectivity index (χ3n) is 3.96. The van der Waals surface area contributed by atoms with Crippen LogP contribution in [0.5, 0.6) is 0 Å². The first-order chi connectivity index (χ1) is 9.88. The van der Waals surface area contributed by atoms with Crippen LogP contribution in [0, 0.1) is 13.8 Å².